The summed E-state index contributed by atoms with van der Waals surface area (Å²) in [6.45, 7) is 7.78. The van der Waals surface area contributed by atoms with Crippen molar-refractivity contribution >= 4 is 16.6 Å². The second kappa shape index (κ2) is 20.2. The highest BCUT2D eigenvalue weighted by Gasteiger charge is 2.10. The third-order valence-electron chi connectivity index (χ3n) is 8.48. The van der Waals surface area contributed by atoms with Gasteiger partial charge in [0.25, 0.3) is 0 Å². The predicted octanol–water partition coefficient (Wildman–Crippen LogP) is 11.9. The summed E-state index contributed by atoms with van der Waals surface area (Å²) in [5, 5.41) is 2.21. The van der Waals surface area contributed by atoms with Gasteiger partial charge in [-0.05, 0) is 47.6 Å². The molecule has 42 heavy (non-hydrogen) atoms. The van der Waals surface area contributed by atoms with Gasteiger partial charge in [-0.1, -0.05) is 147 Å². The number of benzene rings is 3. The van der Waals surface area contributed by atoms with Crippen LogP contribution in [0, 0.1) is 5.92 Å². The van der Waals surface area contributed by atoms with Crippen molar-refractivity contribution in [3.05, 3.63) is 71.8 Å². The molecule has 0 heterocycles. The third kappa shape index (κ3) is 12.6. The molecule has 0 unspecified atom stereocenters. The molecular formula is C39H56O3. The maximum Gasteiger partial charge on any atom is 0.163 e. The molecule has 1 atom stereocenters. The molecule has 3 rings (SSSR count). The Balaban J connectivity index is 1.31. The van der Waals surface area contributed by atoms with Gasteiger partial charge in [0.1, 0.15) is 18.1 Å². The molecular weight excluding hydrogens is 516 g/mol. The molecule has 0 N–H and O–H groups in total. The molecule has 0 bridgehead atoms. The van der Waals surface area contributed by atoms with Crippen LogP contribution in [0.2, 0.25) is 0 Å². The number of carbonyl (C=O) groups is 1. The number of Topliss-reactive ketones (excluding diaryl/α,β-unsaturated/α-hetero) is 1. The number of carbonyl (C=O) groups excluding carboxylic acids is 1. The highest BCUT2D eigenvalue weighted by molar-refractivity contribution is 5.96. The van der Waals surface area contributed by atoms with E-state index >= 15 is 0 Å². The highest BCUT2D eigenvalue weighted by Crippen LogP contribution is 2.29. The van der Waals surface area contributed by atoms with Gasteiger partial charge in [0.05, 0.1) is 6.61 Å². The summed E-state index contributed by atoms with van der Waals surface area (Å²) in [5.41, 5.74) is 1.84. The van der Waals surface area contributed by atoms with E-state index in [9.17, 15) is 4.79 Å². The van der Waals surface area contributed by atoms with Crippen LogP contribution in [0.5, 0.6) is 11.5 Å². The molecule has 3 aromatic carbocycles. The Bertz CT molecular complexity index is 1150. The highest BCUT2D eigenvalue weighted by atomic mass is 16.5. The summed E-state index contributed by atoms with van der Waals surface area (Å²) in [6.07, 6.45) is 20.8. The van der Waals surface area contributed by atoms with Gasteiger partial charge in [-0.2, -0.15) is 0 Å². The zero-order valence-corrected chi connectivity index (χ0v) is 26.8. The van der Waals surface area contributed by atoms with Crippen LogP contribution in [0.4, 0.5) is 0 Å². The quantitative estimate of drug-likeness (QED) is 0.0837. The standard InChI is InChI=1S/C39H56O3/c1-4-6-7-8-9-10-11-12-13-14-15-16-17-18-28-41-36-26-27-37-35(30-36)20-19-21-39(37)42-31-33-22-24-34(25-23-33)38(40)29-32(3)5-2/h19-27,30,32H,4-18,28-29,31H2,1-3H3/t32-/m1/s1. The number of rotatable bonds is 23. The topological polar surface area (TPSA) is 35.5 Å². The van der Waals surface area contributed by atoms with E-state index in [1.165, 1.54) is 83.5 Å². The fourth-order valence-electron chi connectivity index (χ4n) is 5.46. The van der Waals surface area contributed by atoms with Crippen LogP contribution in [-0.4, -0.2) is 12.4 Å². The largest absolute Gasteiger partial charge is 0.494 e. The Kier molecular flexibility index (Phi) is 16.2. The molecule has 0 aliphatic heterocycles. The lowest BCUT2D eigenvalue weighted by molar-refractivity contribution is 0.0963. The van der Waals surface area contributed by atoms with Crippen molar-refractivity contribution < 1.29 is 14.3 Å². The Morgan fingerprint density at radius 3 is 1.93 bits per heavy atom. The summed E-state index contributed by atoms with van der Waals surface area (Å²) < 4.78 is 12.3. The van der Waals surface area contributed by atoms with Crippen molar-refractivity contribution in [3.63, 3.8) is 0 Å². The molecule has 230 valence electrons. The lowest BCUT2D eigenvalue weighted by Gasteiger charge is -2.12. The van der Waals surface area contributed by atoms with Crippen LogP contribution in [0.15, 0.2) is 60.7 Å². The molecule has 3 nitrogen and oxygen atoms in total. The molecule has 0 aliphatic carbocycles. The van der Waals surface area contributed by atoms with E-state index in [2.05, 4.69) is 45.0 Å². The van der Waals surface area contributed by atoms with Gasteiger partial charge >= 0.3 is 0 Å². The van der Waals surface area contributed by atoms with E-state index in [0.29, 0.717) is 18.9 Å². The second-order valence-electron chi connectivity index (χ2n) is 12.2. The molecule has 0 aliphatic rings. The lowest BCUT2D eigenvalue weighted by atomic mass is 9.97. The third-order valence-corrected chi connectivity index (χ3v) is 8.48. The Labute approximate surface area is 256 Å². The summed E-state index contributed by atoms with van der Waals surface area (Å²) in [7, 11) is 0. The van der Waals surface area contributed by atoms with Gasteiger partial charge in [-0.15, -0.1) is 0 Å². The zero-order chi connectivity index (χ0) is 29.8. The smallest absolute Gasteiger partial charge is 0.163 e. The van der Waals surface area contributed by atoms with Crippen LogP contribution in [0.25, 0.3) is 10.8 Å². The minimum Gasteiger partial charge on any atom is -0.494 e. The van der Waals surface area contributed by atoms with Crippen molar-refractivity contribution in [3.8, 4) is 11.5 Å². The van der Waals surface area contributed by atoms with Crippen LogP contribution < -0.4 is 9.47 Å². The summed E-state index contributed by atoms with van der Waals surface area (Å²) in [6, 6.07) is 20.3. The zero-order valence-electron chi connectivity index (χ0n) is 26.8. The Morgan fingerprint density at radius 2 is 1.31 bits per heavy atom. The van der Waals surface area contributed by atoms with Crippen LogP contribution in [0.3, 0.4) is 0 Å². The summed E-state index contributed by atoms with van der Waals surface area (Å²) >= 11 is 0. The van der Waals surface area contributed by atoms with Crippen molar-refractivity contribution in [1.82, 2.24) is 0 Å². The number of ether oxygens (including phenoxy) is 2. The van der Waals surface area contributed by atoms with Crippen LogP contribution >= 0.6 is 0 Å². The van der Waals surface area contributed by atoms with E-state index in [4.69, 9.17) is 9.47 Å². The normalized spacial score (nSPS) is 12.0. The minimum absolute atomic E-state index is 0.216. The first-order valence-electron chi connectivity index (χ1n) is 17.0. The van der Waals surface area contributed by atoms with Gasteiger partial charge in [0.2, 0.25) is 0 Å². The van der Waals surface area contributed by atoms with Crippen molar-refractivity contribution in [1.29, 1.82) is 0 Å². The number of hydrogen-bond donors (Lipinski definition) is 0. The molecule has 0 radical (unpaired) electrons. The van der Waals surface area contributed by atoms with Gasteiger partial charge in [-0.25, -0.2) is 0 Å². The predicted molar refractivity (Wildman–Crippen MR) is 179 cm³/mol. The molecule has 0 saturated carbocycles. The van der Waals surface area contributed by atoms with E-state index in [1.807, 2.05) is 36.4 Å². The lowest BCUT2D eigenvalue weighted by Crippen LogP contribution is -2.05. The van der Waals surface area contributed by atoms with E-state index in [0.717, 1.165) is 52.8 Å². The van der Waals surface area contributed by atoms with Crippen LogP contribution in [0.1, 0.15) is 139 Å². The Hall–Kier alpha value is -2.81. The fourth-order valence-corrected chi connectivity index (χ4v) is 5.46. The number of fused-ring (bicyclic) bond motifs is 1. The van der Waals surface area contributed by atoms with E-state index < -0.39 is 0 Å². The maximum atomic E-state index is 12.4. The molecule has 0 amide bonds. The van der Waals surface area contributed by atoms with Crippen molar-refractivity contribution in [2.75, 3.05) is 6.61 Å². The minimum atomic E-state index is 0.216. The molecule has 3 aromatic rings. The van der Waals surface area contributed by atoms with Gasteiger partial charge < -0.3 is 9.47 Å². The first-order valence-corrected chi connectivity index (χ1v) is 17.0. The molecule has 0 fully saturated rings. The Morgan fingerprint density at radius 1 is 0.690 bits per heavy atom. The molecule has 0 saturated heterocycles. The van der Waals surface area contributed by atoms with Gasteiger partial charge in [0.15, 0.2) is 5.78 Å². The number of hydrogen-bond acceptors (Lipinski definition) is 3. The molecule has 0 spiro atoms. The number of unbranched alkanes of at least 4 members (excludes halogenated alkanes) is 13. The van der Waals surface area contributed by atoms with Crippen LogP contribution in [-0.2, 0) is 6.61 Å². The average Bonchev–Trinajstić information content (AvgIpc) is 3.01. The monoisotopic (exact) mass is 572 g/mol. The van der Waals surface area contributed by atoms with Gasteiger partial charge in [0, 0.05) is 17.4 Å². The number of ketones is 1. The first-order chi connectivity index (χ1) is 20.6. The second-order valence-corrected chi connectivity index (χ2v) is 12.2. The van der Waals surface area contributed by atoms with Gasteiger partial charge in [-0.3, -0.25) is 4.79 Å². The van der Waals surface area contributed by atoms with Crippen molar-refractivity contribution in [2.24, 2.45) is 5.92 Å². The fraction of sp³-hybridized carbons (Fsp3) is 0.564. The molecule has 3 heteroatoms. The average molecular weight is 573 g/mol. The first kappa shape index (κ1) is 33.7. The SMILES string of the molecule is CCCCCCCCCCCCCCCCOc1ccc2c(OCc3ccc(C(=O)C[C@H](C)CC)cc3)cccc2c1. The maximum absolute atomic E-state index is 12.4. The molecule has 0 aromatic heterocycles. The van der Waals surface area contributed by atoms with E-state index in [-0.39, 0.29) is 5.78 Å². The van der Waals surface area contributed by atoms with E-state index in [1.54, 1.807) is 0 Å². The van der Waals surface area contributed by atoms with Crippen molar-refractivity contribution in [2.45, 2.75) is 130 Å². The summed E-state index contributed by atoms with van der Waals surface area (Å²) in [5.74, 6) is 2.42. The summed E-state index contributed by atoms with van der Waals surface area (Å²) in [4.78, 5) is 12.4.